The highest BCUT2D eigenvalue weighted by molar-refractivity contribution is 7.89. The van der Waals surface area contributed by atoms with Crippen LogP contribution in [-0.4, -0.2) is 38.6 Å². The number of fused-ring (bicyclic) bond motifs is 3. The fraction of sp³-hybridized carbons (Fsp3) is 0.231. The van der Waals surface area contributed by atoms with Crippen LogP contribution in [-0.2, 0) is 23.2 Å². The second kappa shape index (κ2) is 8.42. The van der Waals surface area contributed by atoms with Crippen molar-refractivity contribution in [3.05, 3.63) is 84.3 Å². The number of alkyl halides is 3. The summed E-state index contributed by atoms with van der Waals surface area (Å²) in [5.41, 5.74) is 2.53. The molecule has 1 fully saturated rings. The van der Waals surface area contributed by atoms with Crippen molar-refractivity contribution >= 4 is 32.0 Å². The minimum atomic E-state index is -4.44. The van der Waals surface area contributed by atoms with Gasteiger partial charge in [-0.15, -0.1) is 0 Å². The molecule has 37 heavy (non-hydrogen) atoms. The van der Waals surface area contributed by atoms with Crippen LogP contribution in [0.4, 0.5) is 13.2 Å². The molecule has 4 heterocycles. The van der Waals surface area contributed by atoms with E-state index in [9.17, 15) is 21.6 Å². The highest BCUT2D eigenvalue weighted by Gasteiger charge is 2.37. The SMILES string of the molecule is Cn1cc2c(n1)c1cc(S(=O)(=O)N3CCC[C@@H]3c3cccnc3)ccc1n2-c1ccc(C(F)(F)F)cc1. The predicted molar refractivity (Wildman–Crippen MR) is 133 cm³/mol. The van der Waals surface area contributed by atoms with E-state index in [0.717, 1.165) is 24.1 Å². The van der Waals surface area contributed by atoms with E-state index in [2.05, 4.69) is 10.1 Å². The molecular weight excluding hydrogens is 503 g/mol. The lowest BCUT2D eigenvalue weighted by Gasteiger charge is -2.24. The lowest BCUT2D eigenvalue weighted by Crippen LogP contribution is -2.30. The number of benzene rings is 2. The van der Waals surface area contributed by atoms with Crippen molar-refractivity contribution in [2.45, 2.75) is 30.0 Å². The smallest absolute Gasteiger partial charge is 0.306 e. The van der Waals surface area contributed by atoms with Gasteiger partial charge in [0, 0.05) is 43.3 Å². The molecule has 7 nitrogen and oxygen atoms in total. The van der Waals surface area contributed by atoms with Gasteiger partial charge in [-0.25, -0.2) is 8.42 Å². The molecule has 0 radical (unpaired) electrons. The molecule has 2 aromatic carbocycles. The van der Waals surface area contributed by atoms with E-state index in [1.165, 1.54) is 16.4 Å². The number of nitrogens with zero attached hydrogens (tertiary/aromatic N) is 5. The minimum absolute atomic E-state index is 0.146. The Kier molecular flexibility index (Phi) is 5.39. The van der Waals surface area contributed by atoms with E-state index < -0.39 is 21.8 Å². The van der Waals surface area contributed by atoms with Crippen LogP contribution >= 0.6 is 0 Å². The van der Waals surface area contributed by atoms with Gasteiger partial charge in [-0.05, 0) is 66.9 Å². The molecular formula is C26H22F3N5O2S. The number of rotatable bonds is 4. The van der Waals surface area contributed by atoms with Crippen LogP contribution in [0.15, 0.2) is 78.1 Å². The Balaban J connectivity index is 1.47. The van der Waals surface area contributed by atoms with Gasteiger partial charge in [-0.3, -0.25) is 9.67 Å². The zero-order chi connectivity index (χ0) is 25.9. The van der Waals surface area contributed by atoms with Crippen LogP contribution in [0.25, 0.3) is 27.6 Å². The lowest BCUT2D eigenvalue weighted by atomic mass is 10.1. The van der Waals surface area contributed by atoms with Crippen molar-refractivity contribution in [3.63, 3.8) is 0 Å². The first-order chi connectivity index (χ1) is 17.6. The topological polar surface area (TPSA) is 73.0 Å². The molecule has 1 aliphatic rings. The maximum absolute atomic E-state index is 13.8. The van der Waals surface area contributed by atoms with E-state index >= 15 is 0 Å². The van der Waals surface area contributed by atoms with E-state index in [0.29, 0.717) is 40.6 Å². The minimum Gasteiger partial charge on any atom is -0.306 e. The Morgan fingerprint density at radius 1 is 1.03 bits per heavy atom. The molecule has 5 aromatic rings. The molecule has 1 atom stereocenters. The lowest BCUT2D eigenvalue weighted by molar-refractivity contribution is -0.137. The fourth-order valence-corrected chi connectivity index (χ4v) is 6.88. The molecule has 0 N–H and O–H groups in total. The average Bonchev–Trinajstić information content (AvgIpc) is 3.58. The number of halogens is 3. The zero-order valence-corrected chi connectivity index (χ0v) is 20.5. The molecule has 0 saturated carbocycles. The van der Waals surface area contributed by atoms with Crippen molar-refractivity contribution in [2.24, 2.45) is 7.05 Å². The maximum atomic E-state index is 13.8. The van der Waals surface area contributed by atoms with Gasteiger partial charge in [-0.1, -0.05) is 6.07 Å². The summed E-state index contributed by atoms with van der Waals surface area (Å²) in [6.07, 6.45) is 2.14. The molecule has 0 aliphatic carbocycles. The second-order valence-electron chi connectivity index (χ2n) is 9.16. The first-order valence-corrected chi connectivity index (χ1v) is 13.2. The van der Waals surface area contributed by atoms with Crippen molar-refractivity contribution in [3.8, 4) is 5.69 Å². The Bertz CT molecular complexity index is 1730. The summed E-state index contributed by atoms with van der Waals surface area (Å²) in [6, 6.07) is 13.1. The summed E-state index contributed by atoms with van der Waals surface area (Å²) in [5.74, 6) is 0. The van der Waals surface area contributed by atoms with Gasteiger partial charge in [0.15, 0.2) is 0 Å². The Morgan fingerprint density at radius 3 is 2.51 bits per heavy atom. The molecule has 190 valence electrons. The molecule has 0 bridgehead atoms. The Hall–Kier alpha value is -3.70. The molecule has 1 aliphatic heterocycles. The van der Waals surface area contributed by atoms with E-state index in [1.54, 1.807) is 59.2 Å². The molecule has 6 rings (SSSR count). The molecule has 0 spiro atoms. The van der Waals surface area contributed by atoms with Gasteiger partial charge in [0.25, 0.3) is 0 Å². The number of aryl methyl sites for hydroxylation is 1. The summed E-state index contributed by atoms with van der Waals surface area (Å²) < 4.78 is 71.8. The number of hydrogen-bond donors (Lipinski definition) is 0. The quantitative estimate of drug-likeness (QED) is 0.313. The Labute approximate surface area is 210 Å². The molecule has 1 saturated heterocycles. The van der Waals surface area contributed by atoms with E-state index in [1.807, 2.05) is 6.07 Å². The predicted octanol–water partition coefficient (Wildman–Crippen LogP) is 5.46. The third-order valence-corrected chi connectivity index (χ3v) is 8.75. The zero-order valence-electron chi connectivity index (χ0n) is 19.7. The van der Waals surface area contributed by atoms with E-state index in [-0.39, 0.29) is 10.9 Å². The highest BCUT2D eigenvalue weighted by atomic mass is 32.2. The standard InChI is InChI=1S/C26H22F3N5O2S/c1-32-16-24-25(31-32)21-14-20(37(35,36)33-13-3-5-22(33)17-4-2-12-30-15-17)10-11-23(21)34(24)19-8-6-18(7-9-19)26(27,28)29/h2,4,6-12,14-16,22H,3,5,13H2,1H3/t22-/m1/s1. The first kappa shape index (κ1) is 23.7. The second-order valence-corrected chi connectivity index (χ2v) is 11.0. The highest BCUT2D eigenvalue weighted by Crippen LogP contribution is 2.39. The summed E-state index contributed by atoms with van der Waals surface area (Å²) >= 11 is 0. The Morgan fingerprint density at radius 2 is 1.81 bits per heavy atom. The summed E-state index contributed by atoms with van der Waals surface area (Å²) in [6.45, 7) is 0.408. The normalized spacial score (nSPS) is 17.2. The summed E-state index contributed by atoms with van der Waals surface area (Å²) in [4.78, 5) is 4.30. The van der Waals surface area contributed by atoms with Crippen LogP contribution in [0.3, 0.4) is 0 Å². The van der Waals surface area contributed by atoms with Gasteiger partial charge < -0.3 is 4.57 Å². The molecule has 3 aromatic heterocycles. The maximum Gasteiger partial charge on any atom is 0.416 e. The van der Waals surface area contributed by atoms with Crippen LogP contribution in [0.1, 0.15) is 30.0 Å². The third-order valence-electron chi connectivity index (χ3n) is 6.85. The van der Waals surface area contributed by atoms with E-state index in [4.69, 9.17) is 0 Å². The number of pyridine rings is 1. The molecule has 11 heteroatoms. The van der Waals surface area contributed by atoms with Crippen molar-refractivity contribution in [2.75, 3.05) is 6.54 Å². The first-order valence-electron chi connectivity index (χ1n) is 11.7. The summed E-state index contributed by atoms with van der Waals surface area (Å²) in [7, 11) is -2.09. The molecule has 0 amide bonds. The van der Waals surface area contributed by atoms with Crippen LogP contribution in [0.5, 0.6) is 0 Å². The van der Waals surface area contributed by atoms with Crippen molar-refractivity contribution in [1.29, 1.82) is 0 Å². The summed E-state index contributed by atoms with van der Waals surface area (Å²) in [5, 5.41) is 5.13. The largest absolute Gasteiger partial charge is 0.416 e. The van der Waals surface area contributed by atoms with Gasteiger partial charge in [-0.2, -0.15) is 22.6 Å². The number of aromatic nitrogens is 4. The van der Waals surface area contributed by atoms with Gasteiger partial charge in [0.05, 0.1) is 27.5 Å². The average molecular weight is 526 g/mol. The number of sulfonamides is 1. The van der Waals surface area contributed by atoms with Crippen LogP contribution in [0.2, 0.25) is 0 Å². The van der Waals surface area contributed by atoms with Gasteiger partial charge in [0.2, 0.25) is 10.0 Å². The van der Waals surface area contributed by atoms with Crippen molar-refractivity contribution in [1.82, 2.24) is 23.6 Å². The third kappa shape index (κ3) is 3.89. The number of hydrogen-bond acceptors (Lipinski definition) is 4. The monoisotopic (exact) mass is 525 g/mol. The van der Waals surface area contributed by atoms with Crippen LogP contribution in [0, 0.1) is 0 Å². The van der Waals surface area contributed by atoms with Gasteiger partial charge >= 0.3 is 6.18 Å². The van der Waals surface area contributed by atoms with Crippen LogP contribution < -0.4 is 0 Å². The van der Waals surface area contributed by atoms with Crippen molar-refractivity contribution < 1.29 is 21.6 Å². The molecule has 0 unspecified atom stereocenters. The van der Waals surface area contributed by atoms with Gasteiger partial charge in [0.1, 0.15) is 5.52 Å². The fourth-order valence-electron chi connectivity index (χ4n) is 5.17.